The predicted octanol–water partition coefficient (Wildman–Crippen LogP) is 2.41. The van der Waals surface area contributed by atoms with Crippen LogP contribution in [0.4, 0.5) is 5.95 Å². The summed E-state index contributed by atoms with van der Waals surface area (Å²) in [5, 5.41) is 2.42. The van der Waals surface area contributed by atoms with Crippen molar-refractivity contribution in [3.63, 3.8) is 0 Å². The number of hydrogen-bond acceptors (Lipinski definition) is 4. The zero-order chi connectivity index (χ0) is 11.1. The molecular formula is C11H7ClN4. The molecule has 0 amide bonds. The number of benzene rings is 1. The Balaban J connectivity index is 2.49. The van der Waals surface area contributed by atoms with Crippen molar-refractivity contribution < 1.29 is 0 Å². The number of pyridine rings is 1. The maximum absolute atomic E-state index is 6.06. The van der Waals surface area contributed by atoms with Gasteiger partial charge in [0.2, 0.25) is 5.95 Å². The maximum Gasteiger partial charge on any atom is 0.222 e. The Kier molecular flexibility index (Phi) is 1.91. The van der Waals surface area contributed by atoms with Crippen LogP contribution in [0.5, 0.6) is 0 Å². The first-order valence-corrected chi connectivity index (χ1v) is 5.09. The van der Waals surface area contributed by atoms with E-state index in [1.807, 2.05) is 18.2 Å². The lowest BCUT2D eigenvalue weighted by Crippen LogP contribution is -1.95. The molecule has 0 atom stereocenters. The quantitative estimate of drug-likeness (QED) is 0.603. The first kappa shape index (κ1) is 9.30. The van der Waals surface area contributed by atoms with Gasteiger partial charge in [0.1, 0.15) is 0 Å². The predicted molar refractivity (Wildman–Crippen MR) is 64.3 cm³/mol. The summed E-state index contributed by atoms with van der Waals surface area (Å²) in [5.41, 5.74) is 6.81. The minimum Gasteiger partial charge on any atom is -0.368 e. The summed E-state index contributed by atoms with van der Waals surface area (Å²) in [7, 11) is 0. The molecule has 0 saturated heterocycles. The van der Waals surface area contributed by atoms with Crippen LogP contribution >= 0.6 is 11.6 Å². The lowest BCUT2D eigenvalue weighted by Gasteiger charge is -2.02. The minimum atomic E-state index is 0.214. The summed E-state index contributed by atoms with van der Waals surface area (Å²) in [5.74, 6) is 0.214. The Morgan fingerprint density at radius 2 is 2.00 bits per heavy atom. The molecule has 0 spiro atoms. The van der Waals surface area contributed by atoms with E-state index in [1.165, 1.54) is 0 Å². The van der Waals surface area contributed by atoms with E-state index < -0.39 is 0 Å². The highest BCUT2D eigenvalue weighted by Gasteiger charge is 2.04. The molecule has 0 fully saturated rings. The zero-order valence-electron chi connectivity index (χ0n) is 8.18. The van der Waals surface area contributed by atoms with E-state index in [9.17, 15) is 0 Å². The number of anilines is 1. The highest BCUT2D eigenvalue weighted by molar-refractivity contribution is 6.35. The van der Waals surface area contributed by atoms with Crippen molar-refractivity contribution in [1.29, 1.82) is 0 Å². The van der Waals surface area contributed by atoms with Gasteiger partial charge in [-0.1, -0.05) is 23.7 Å². The van der Waals surface area contributed by atoms with Crippen molar-refractivity contribution in [3.8, 4) is 0 Å². The number of nitrogen functional groups attached to an aromatic ring is 1. The van der Waals surface area contributed by atoms with Crippen LogP contribution in [0.3, 0.4) is 0 Å². The third-order valence-corrected chi connectivity index (χ3v) is 2.67. The highest BCUT2D eigenvalue weighted by Crippen LogP contribution is 2.24. The Labute approximate surface area is 96.1 Å². The van der Waals surface area contributed by atoms with Crippen molar-refractivity contribution in [2.45, 2.75) is 0 Å². The second-order valence-electron chi connectivity index (χ2n) is 3.44. The van der Waals surface area contributed by atoms with Gasteiger partial charge in [-0.25, -0.2) is 9.97 Å². The van der Waals surface area contributed by atoms with Crippen molar-refractivity contribution in [1.82, 2.24) is 15.0 Å². The Hall–Kier alpha value is -1.94. The fraction of sp³-hybridized carbons (Fsp3) is 0. The van der Waals surface area contributed by atoms with E-state index in [0.717, 1.165) is 16.3 Å². The van der Waals surface area contributed by atoms with Gasteiger partial charge in [-0.05, 0) is 12.1 Å². The van der Waals surface area contributed by atoms with Crippen LogP contribution in [-0.2, 0) is 0 Å². The zero-order valence-corrected chi connectivity index (χ0v) is 8.94. The molecule has 0 aliphatic rings. The molecule has 0 saturated carbocycles. The van der Waals surface area contributed by atoms with Gasteiger partial charge in [0.05, 0.1) is 10.5 Å². The number of aromatic nitrogens is 3. The highest BCUT2D eigenvalue weighted by atomic mass is 35.5. The number of nitrogens with zero attached hydrogens (tertiary/aromatic N) is 3. The fourth-order valence-corrected chi connectivity index (χ4v) is 1.85. The van der Waals surface area contributed by atoms with Gasteiger partial charge in [0.25, 0.3) is 0 Å². The van der Waals surface area contributed by atoms with Crippen LogP contribution in [0.2, 0.25) is 5.02 Å². The summed E-state index contributed by atoms with van der Waals surface area (Å²) < 4.78 is 0. The lowest BCUT2D eigenvalue weighted by atomic mass is 10.2. The molecule has 0 radical (unpaired) electrons. The largest absolute Gasteiger partial charge is 0.368 e. The van der Waals surface area contributed by atoms with Gasteiger partial charge < -0.3 is 5.73 Å². The van der Waals surface area contributed by atoms with Gasteiger partial charge in [-0.3, -0.25) is 0 Å². The number of halogens is 1. The van der Waals surface area contributed by atoms with E-state index in [-0.39, 0.29) is 5.95 Å². The smallest absolute Gasteiger partial charge is 0.222 e. The van der Waals surface area contributed by atoms with Gasteiger partial charge >= 0.3 is 0 Å². The van der Waals surface area contributed by atoms with Crippen LogP contribution in [0.1, 0.15) is 0 Å². The fourth-order valence-electron chi connectivity index (χ4n) is 1.63. The number of para-hydroxylation sites is 1. The SMILES string of the molecule is Nc1ncc2cc3cccc(Cl)c3nc2n1. The second kappa shape index (κ2) is 3.28. The van der Waals surface area contributed by atoms with Crippen LogP contribution in [-0.4, -0.2) is 15.0 Å². The molecule has 78 valence electrons. The molecule has 16 heavy (non-hydrogen) atoms. The van der Waals surface area contributed by atoms with Crippen molar-refractivity contribution in [2.75, 3.05) is 5.73 Å². The van der Waals surface area contributed by atoms with E-state index in [2.05, 4.69) is 15.0 Å². The van der Waals surface area contributed by atoms with Gasteiger partial charge in [-0.2, -0.15) is 4.98 Å². The van der Waals surface area contributed by atoms with E-state index in [4.69, 9.17) is 17.3 Å². The van der Waals surface area contributed by atoms with E-state index in [1.54, 1.807) is 12.3 Å². The monoisotopic (exact) mass is 230 g/mol. The molecular weight excluding hydrogens is 224 g/mol. The first-order valence-electron chi connectivity index (χ1n) is 4.71. The third kappa shape index (κ3) is 1.35. The molecule has 1 aromatic carbocycles. The Bertz CT molecular complexity index is 696. The van der Waals surface area contributed by atoms with Crippen LogP contribution in [0.25, 0.3) is 21.9 Å². The average molecular weight is 231 g/mol. The lowest BCUT2D eigenvalue weighted by molar-refractivity contribution is 1.21. The summed E-state index contributed by atoms with van der Waals surface area (Å²) in [4.78, 5) is 12.4. The standard InChI is InChI=1S/C11H7ClN4/c12-8-3-1-2-6-4-7-5-14-11(13)16-10(7)15-9(6)8/h1-5H,(H2,13,14,15,16). The van der Waals surface area contributed by atoms with Crippen molar-refractivity contribution in [2.24, 2.45) is 0 Å². The summed E-state index contributed by atoms with van der Waals surface area (Å²) >= 11 is 6.06. The molecule has 0 bridgehead atoms. The first-order chi connectivity index (χ1) is 7.74. The molecule has 5 heteroatoms. The minimum absolute atomic E-state index is 0.214. The van der Waals surface area contributed by atoms with Crippen LogP contribution in [0, 0.1) is 0 Å². The Morgan fingerprint density at radius 1 is 1.12 bits per heavy atom. The maximum atomic E-state index is 6.06. The van der Waals surface area contributed by atoms with E-state index in [0.29, 0.717) is 10.7 Å². The Morgan fingerprint density at radius 3 is 2.88 bits per heavy atom. The second-order valence-corrected chi connectivity index (χ2v) is 3.85. The van der Waals surface area contributed by atoms with Crippen LogP contribution in [0.15, 0.2) is 30.5 Å². The summed E-state index contributed by atoms with van der Waals surface area (Å²) in [6.45, 7) is 0. The van der Waals surface area contributed by atoms with Crippen molar-refractivity contribution in [3.05, 3.63) is 35.5 Å². The molecule has 2 heterocycles. The molecule has 0 aliphatic carbocycles. The van der Waals surface area contributed by atoms with Crippen molar-refractivity contribution >= 4 is 39.5 Å². The van der Waals surface area contributed by atoms with E-state index >= 15 is 0 Å². The number of rotatable bonds is 0. The third-order valence-electron chi connectivity index (χ3n) is 2.36. The molecule has 2 aromatic heterocycles. The topological polar surface area (TPSA) is 64.7 Å². The van der Waals surface area contributed by atoms with Crippen LogP contribution < -0.4 is 5.73 Å². The molecule has 0 unspecified atom stereocenters. The molecule has 4 nitrogen and oxygen atoms in total. The molecule has 2 N–H and O–H groups in total. The van der Waals surface area contributed by atoms with Gasteiger partial charge in [-0.15, -0.1) is 0 Å². The molecule has 3 aromatic rings. The van der Waals surface area contributed by atoms with Gasteiger partial charge in [0, 0.05) is 17.0 Å². The number of hydrogen-bond donors (Lipinski definition) is 1. The number of fused-ring (bicyclic) bond motifs is 2. The molecule has 3 rings (SSSR count). The summed E-state index contributed by atoms with van der Waals surface area (Å²) in [6, 6.07) is 7.58. The normalized spacial score (nSPS) is 11.1. The number of nitrogens with two attached hydrogens (primary N) is 1. The summed E-state index contributed by atoms with van der Waals surface area (Å²) in [6.07, 6.45) is 1.66. The molecule has 0 aliphatic heterocycles. The average Bonchev–Trinajstić information content (AvgIpc) is 2.28. The van der Waals surface area contributed by atoms with Gasteiger partial charge in [0.15, 0.2) is 5.65 Å².